The van der Waals surface area contributed by atoms with E-state index in [-0.39, 0.29) is 5.91 Å². The van der Waals surface area contributed by atoms with Crippen molar-refractivity contribution in [1.82, 2.24) is 0 Å². The smallest absolute Gasteiger partial charge is 0.361 e. The molecule has 0 radical (unpaired) electrons. The van der Waals surface area contributed by atoms with E-state index < -0.39 is 5.79 Å². The van der Waals surface area contributed by atoms with Crippen LogP contribution in [-0.4, -0.2) is 5.91 Å². The largest absolute Gasteiger partial charge is 0.445 e. The van der Waals surface area contributed by atoms with Crippen molar-refractivity contribution in [3.8, 4) is 0 Å². The Morgan fingerprint density at radius 3 is 2.73 bits per heavy atom. The van der Waals surface area contributed by atoms with Gasteiger partial charge in [-0.25, -0.2) is 0 Å². The number of carbonyl (C=O) groups excluding carboxylic acids is 1. The first-order valence-corrected chi connectivity index (χ1v) is 4.44. The van der Waals surface area contributed by atoms with Crippen LogP contribution in [0.3, 0.4) is 0 Å². The molecule has 0 bridgehead atoms. The Kier molecular flexibility index (Phi) is 1.33. The second-order valence-corrected chi connectivity index (χ2v) is 3.38. The van der Waals surface area contributed by atoms with Crippen molar-refractivity contribution < 1.29 is 14.3 Å². The third-order valence-corrected chi connectivity index (χ3v) is 2.47. The predicted octanol–water partition coefficient (Wildman–Crippen LogP) is 0.892. The molecule has 0 fully saturated rings. The van der Waals surface area contributed by atoms with Crippen LogP contribution in [0.2, 0.25) is 0 Å². The van der Waals surface area contributed by atoms with Crippen molar-refractivity contribution in [2.45, 2.75) is 5.79 Å². The molecule has 0 aromatic heterocycles. The van der Waals surface area contributed by atoms with E-state index >= 15 is 0 Å². The zero-order valence-corrected chi connectivity index (χ0v) is 7.69. The number of ether oxygens (including phenoxy) is 2. The van der Waals surface area contributed by atoms with Crippen LogP contribution in [0.5, 0.6) is 0 Å². The molecule has 3 N–H and O–H groups in total. The summed E-state index contributed by atoms with van der Waals surface area (Å²) in [5.41, 5.74) is 7.49. The standard InChI is InChI=1S/C10H8N2O3/c11-6-1-2-8-7(5-6)10(9(13)12-8)14-3-4-15-10/h1-5H,11H2,(H,12,13). The van der Waals surface area contributed by atoms with E-state index in [0.29, 0.717) is 16.9 Å². The summed E-state index contributed by atoms with van der Waals surface area (Å²) >= 11 is 0. The van der Waals surface area contributed by atoms with Crippen LogP contribution in [0.25, 0.3) is 0 Å². The molecule has 1 spiro atoms. The first kappa shape index (κ1) is 8.16. The Hall–Kier alpha value is -2.17. The summed E-state index contributed by atoms with van der Waals surface area (Å²) in [6.07, 6.45) is 2.69. The SMILES string of the molecule is Nc1ccc2c(c1)C1(OC=CO1)C(=O)N2. The molecule has 1 aromatic rings. The molecule has 2 aliphatic heterocycles. The fourth-order valence-corrected chi connectivity index (χ4v) is 1.78. The number of benzene rings is 1. The van der Waals surface area contributed by atoms with Gasteiger partial charge in [0.05, 0.1) is 11.3 Å². The normalized spacial score (nSPS) is 19.6. The second-order valence-electron chi connectivity index (χ2n) is 3.38. The quantitative estimate of drug-likeness (QED) is 0.615. The Bertz CT molecular complexity index is 474. The monoisotopic (exact) mass is 204 g/mol. The summed E-state index contributed by atoms with van der Waals surface area (Å²) in [7, 11) is 0. The predicted molar refractivity (Wildman–Crippen MR) is 52.5 cm³/mol. The van der Waals surface area contributed by atoms with Gasteiger partial charge in [0.15, 0.2) is 0 Å². The van der Waals surface area contributed by atoms with E-state index in [2.05, 4.69) is 5.32 Å². The van der Waals surface area contributed by atoms with Gasteiger partial charge in [-0.15, -0.1) is 0 Å². The van der Waals surface area contributed by atoms with Crippen LogP contribution in [0, 0.1) is 0 Å². The number of hydrogen-bond acceptors (Lipinski definition) is 4. The van der Waals surface area contributed by atoms with Crippen LogP contribution in [0.1, 0.15) is 5.56 Å². The number of nitrogen functional groups attached to an aromatic ring is 1. The summed E-state index contributed by atoms with van der Waals surface area (Å²) in [5, 5.41) is 2.67. The van der Waals surface area contributed by atoms with Crippen LogP contribution in [0.4, 0.5) is 11.4 Å². The number of fused-ring (bicyclic) bond motifs is 2. The Morgan fingerprint density at radius 2 is 2.00 bits per heavy atom. The molecule has 0 unspecified atom stereocenters. The van der Waals surface area contributed by atoms with Crippen LogP contribution in [0.15, 0.2) is 30.7 Å². The number of anilines is 2. The van der Waals surface area contributed by atoms with E-state index in [0.717, 1.165) is 0 Å². The number of hydrogen-bond donors (Lipinski definition) is 2. The highest BCUT2D eigenvalue weighted by Gasteiger charge is 2.53. The van der Waals surface area contributed by atoms with Gasteiger partial charge in [-0.05, 0) is 18.2 Å². The molecule has 0 aliphatic carbocycles. The van der Waals surface area contributed by atoms with E-state index in [1.54, 1.807) is 18.2 Å². The molecule has 3 rings (SSSR count). The molecular weight excluding hydrogens is 196 g/mol. The zero-order chi connectivity index (χ0) is 10.5. The zero-order valence-electron chi connectivity index (χ0n) is 7.69. The maximum atomic E-state index is 11.7. The van der Waals surface area contributed by atoms with Gasteiger partial charge in [-0.2, -0.15) is 0 Å². The van der Waals surface area contributed by atoms with E-state index in [4.69, 9.17) is 15.2 Å². The fourth-order valence-electron chi connectivity index (χ4n) is 1.78. The summed E-state index contributed by atoms with van der Waals surface area (Å²) < 4.78 is 10.4. The molecule has 0 saturated carbocycles. The number of nitrogens with one attached hydrogen (secondary N) is 1. The van der Waals surface area contributed by atoms with Crippen molar-refractivity contribution in [1.29, 1.82) is 0 Å². The molecule has 76 valence electrons. The summed E-state index contributed by atoms with van der Waals surface area (Å²) in [4.78, 5) is 11.7. The van der Waals surface area contributed by atoms with Crippen molar-refractivity contribution in [3.05, 3.63) is 36.3 Å². The van der Waals surface area contributed by atoms with Gasteiger partial charge >= 0.3 is 11.7 Å². The van der Waals surface area contributed by atoms with Crippen LogP contribution >= 0.6 is 0 Å². The van der Waals surface area contributed by atoms with Gasteiger partial charge in [0.1, 0.15) is 12.5 Å². The van der Waals surface area contributed by atoms with Gasteiger partial charge in [-0.1, -0.05) is 0 Å². The molecule has 1 aromatic carbocycles. The minimum absolute atomic E-state index is 0.340. The lowest BCUT2D eigenvalue weighted by atomic mass is 10.1. The number of rotatable bonds is 0. The minimum atomic E-state index is -1.37. The Labute approximate surface area is 85.5 Å². The van der Waals surface area contributed by atoms with Crippen molar-refractivity contribution in [3.63, 3.8) is 0 Å². The molecule has 1 amide bonds. The van der Waals surface area contributed by atoms with Crippen molar-refractivity contribution >= 4 is 17.3 Å². The molecule has 15 heavy (non-hydrogen) atoms. The van der Waals surface area contributed by atoms with Crippen LogP contribution < -0.4 is 11.1 Å². The fraction of sp³-hybridized carbons (Fsp3) is 0.100. The van der Waals surface area contributed by atoms with Crippen molar-refractivity contribution in [2.24, 2.45) is 0 Å². The number of carbonyl (C=O) groups is 1. The van der Waals surface area contributed by atoms with E-state index in [1.165, 1.54) is 12.5 Å². The van der Waals surface area contributed by atoms with Crippen LogP contribution in [-0.2, 0) is 20.1 Å². The molecule has 0 atom stereocenters. The highest BCUT2D eigenvalue weighted by molar-refractivity contribution is 6.04. The van der Waals surface area contributed by atoms with Gasteiger partial charge in [0, 0.05) is 5.69 Å². The summed E-state index contributed by atoms with van der Waals surface area (Å²) in [6, 6.07) is 5.10. The maximum absolute atomic E-state index is 11.7. The second kappa shape index (κ2) is 2.44. The summed E-state index contributed by atoms with van der Waals surface area (Å²) in [6.45, 7) is 0. The van der Waals surface area contributed by atoms with Gasteiger partial charge in [-0.3, -0.25) is 4.79 Å². The third-order valence-electron chi connectivity index (χ3n) is 2.47. The first-order valence-electron chi connectivity index (χ1n) is 4.44. The molecular formula is C10H8N2O3. The average Bonchev–Trinajstić information content (AvgIpc) is 2.78. The summed E-state index contributed by atoms with van der Waals surface area (Å²) in [5.74, 6) is -1.71. The average molecular weight is 204 g/mol. The molecule has 5 nitrogen and oxygen atoms in total. The Morgan fingerprint density at radius 1 is 1.27 bits per heavy atom. The maximum Gasteiger partial charge on any atom is 0.361 e. The molecule has 2 heterocycles. The molecule has 2 aliphatic rings. The topological polar surface area (TPSA) is 73.6 Å². The van der Waals surface area contributed by atoms with Crippen molar-refractivity contribution in [2.75, 3.05) is 11.1 Å². The number of amides is 1. The van der Waals surface area contributed by atoms with E-state index in [9.17, 15) is 4.79 Å². The van der Waals surface area contributed by atoms with Gasteiger partial charge in [0.25, 0.3) is 0 Å². The van der Waals surface area contributed by atoms with E-state index in [1.807, 2.05) is 0 Å². The minimum Gasteiger partial charge on any atom is -0.445 e. The molecule has 5 heteroatoms. The molecule has 0 saturated heterocycles. The lowest BCUT2D eigenvalue weighted by Crippen LogP contribution is -2.35. The highest BCUT2D eigenvalue weighted by atomic mass is 16.7. The lowest BCUT2D eigenvalue weighted by Gasteiger charge is -2.19. The Balaban J connectivity index is 2.20. The lowest BCUT2D eigenvalue weighted by molar-refractivity contribution is -0.171. The third kappa shape index (κ3) is 0.890. The highest BCUT2D eigenvalue weighted by Crippen LogP contribution is 2.43. The van der Waals surface area contributed by atoms with Gasteiger partial charge in [0.2, 0.25) is 0 Å². The number of nitrogens with two attached hydrogens (primary N) is 1. The first-order chi connectivity index (χ1) is 7.22. The van der Waals surface area contributed by atoms with Gasteiger partial charge < -0.3 is 20.5 Å².